The molecule has 0 radical (unpaired) electrons. The summed E-state index contributed by atoms with van der Waals surface area (Å²) in [6, 6.07) is 0. The van der Waals surface area contributed by atoms with Gasteiger partial charge in [-0.15, -0.1) is 12.3 Å². The Morgan fingerprint density at radius 3 is 2.44 bits per heavy atom. The van der Waals surface area contributed by atoms with Crippen molar-refractivity contribution in [3.8, 4) is 12.3 Å². The molecule has 0 spiro atoms. The van der Waals surface area contributed by atoms with Crippen LogP contribution in [0.3, 0.4) is 0 Å². The van der Waals surface area contributed by atoms with E-state index >= 15 is 0 Å². The quantitative estimate of drug-likeness (QED) is 0.530. The van der Waals surface area contributed by atoms with Crippen LogP contribution < -0.4 is 0 Å². The van der Waals surface area contributed by atoms with Crippen LogP contribution in [0, 0.1) is 12.3 Å². The van der Waals surface area contributed by atoms with Crippen molar-refractivity contribution in [3.63, 3.8) is 0 Å². The van der Waals surface area contributed by atoms with Crippen LogP contribution in [0.4, 0.5) is 0 Å². The molecule has 0 bridgehead atoms. The van der Waals surface area contributed by atoms with E-state index in [0.717, 1.165) is 12.0 Å². The highest BCUT2D eigenvalue weighted by atomic mass is 28.4. The Bertz CT molecular complexity index is 415. The largest absolute Gasteiger partial charge is 0.410 e. The number of rotatable bonds is 3. The van der Waals surface area contributed by atoms with Crippen LogP contribution in [-0.2, 0) is 4.43 Å². The van der Waals surface area contributed by atoms with Crippen LogP contribution >= 0.6 is 0 Å². The number of terminal acetylenes is 1. The second kappa shape index (κ2) is 5.07. The molecule has 0 heterocycles. The molecule has 0 aromatic rings. The monoisotopic (exact) mass is 262 g/mol. The molecule has 0 aliphatic heterocycles. The molecule has 0 aromatic heterocycles. The molecular weight excluding hydrogens is 236 g/mol. The minimum atomic E-state index is -1.72. The maximum absolute atomic E-state index is 6.47. The van der Waals surface area contributed by atoms with E-state index in [1.54, 1.807) is 0 Å². The summed E-state index contributed by atoms with van der Waals surface area (Å²) in [6.07, 6.45) is 7.21. The first-order valence-corrected chi connectivity index (χ1v) is 9.50. The maximum atomic E-state index is 6.47. The standard InChI is InChI=1S/C16H26OSi/c1-9-10-14-12(2)11-15(13(14)3)17-18(7,8)16(4,5)6/h1,15H,2,10-11H2,3-8H3. The fourth-order valence-corrected chi connectivity index (χ4v) is 3.33. The molecule has 1 nitrogen and oxygen atoms in total. The highest BCUT2D eigenvalue weighted by Crippen LogP contribution is 2.42. The van der Waals surface area contributed by atoms with Gasteiger partial charge in [0.1, 0.15) is 0 Å². The van der Waals surface area contributed by atoms with Gasteiger partial charge in [0.2, 0.25) is 0 Å². The van der Waals surface area contributed by atoms with E-state index in [1.807, 2.05) is 0 Å². The van der Waals surface area contributed by atoms with Crippen LogP contribution in [0.2, 0.25) is 18.1 Å². The fourth-order valence-electron chi connectivity index (χ4n) is 2.00. The van der Waals surface area contributed by atoms with E-state index in [0.29, 0.717) is 6.42 Å². The Hall–Kier alpha value is -0.783. The normalized spacial score (nSPS) is 21.4. The zero-order valence-corrected chi connectivity index (χ0v) is 13.7. The zero-order chi connectivity index (χ0) is 14.1. The molecule has 1 aliphatic rings. The fraction of sp³-hybridized carbons (Fsp3) is 0.625. The highest BCUT2D eigenvalue weighted by Gasteiger charge is 2.41. The first-order valence-electron chi connectivity index (χ1n) is 6.59. The summed E-state index contributed by atoms with van der Waals surface area (Å²) in [5, 5.41) is 0.240. The van der Waals surface area contributed by atoms with Gasteiger partial charge in [0.15, 0.2) is 8.32 Å². The van der Waals surface area contributed by atoms with E-state index in [2.05, 4.69) is 53.3 Å². The van der Waals surface area contributed by atoms with Crippen molar-refractivity contribution in [2.45, 2.75) is 64.8 Å². The van der Waals surface area contributed by atoms with Crippen molar-refractivity contribution < 1.29 is 4.43 Å². The lowest BCUT2D eigenvalue weighted by atomic mass is 10.1. The minimum Gasteiger partial charge on any atom is -0.410 e. The molecule has 0 saturated heterocycles. The Labute approximate surface area is 113 Å². The van der Waals surface area contributed by atoms with Crippen molar-refractivity contribution >= 4 is 8.32 Å². The lowest BCUT2D eigenvalue weighted by Crippen LogP contribution is -2.43. The molecule has 100 valence electrons. The summed E-state index contributed by atoms with van der Waals surface area (Å²) in [4.78, 5) is 0. The van der Waals surface area contributed by atoms with Crippen LogP contribution in [0.25, 0.3) is 0 Å². The van der Waals surface area contributed by atoms with E-state index < -0.39 is 8.32 Å². The third-order valence-electron chi connectivity index (χ3n) is 4.34. The SMILES string of the molecule is C#CCC1=C(C)C(O[Si](C)(C)C(C)(C)C)CC1=C. The number of hydrogen-bond donors (Lipinski definition) is 0. The van der Waals surface area contributed by atoms with Crippen molar-refractivity contribution in [1.29, 1.82) is 0 Å². The van der Waals surface area contributed by atoms with Gasteiger partial charge >= 0.3 is 0 Å². The van der Waals surface area contributed by atoms with Crippen molar-refractivity contribution in [2.75, 3.05) is 0 Å². The third kappa shape index (κ3) is 2.96. The molecule has 1 atom stereocenters. The van der Waals surface area contributed by atoms with Crippen LogP contribution in [0.5, 0.6) is 0 Å². The Balaban J connectivity index is 2.90. The second-order valence-electron chi connectivity index (χ2n) is 6.72. The summed E-state index contributed by atoms with van der Waals surface area (Å²) >= 11 is 0. The van der Waals surface area contributed by atoms with Gasteiger partial charge in [0.05, 0.1) is 6.10 Å². The van der Waals surface area contributed by atoms with E-state index in [9.17, 15) is 0 Å². The van der Waals surface area contributed by atoms with Gasteiger partial charge in [0.25, 0.3) is 0 Å². The van der Waals surface area contributed by atoms with Crippen LogP contribution in [0.1, 0.15) is 40.5 Å². The summed E-state index contributed by atoms with van der Waals surface area (Å²) in [5.74, 6) is 2.72. The summed E-state index contributed by atoms with van der Waals surface area (Å²) < 4.78 is 6.47. The smallest absolute Gasteiger partial charge is 0.192 e. The first kappa shape index (κ1) is 15.3. The highest BCUT2D eigenvalue weighted by molar-refractivity contribution is 6.74. The average molecular weight is 262 g/mol. The molecule has 2 heteroatoms. The molecule has 0 N–H and O–H groups in total. The van der Waals surface area contributed by atoms with Crippen molar-refractivity contribution in [2.24, 2.45) is 0 Å². The Kier molecular flexibility index (Phi) is 4.30. The van der Waals surface area contributed by atoms with Crippen LogP contribution in [0.15, 0.2) is 23.3 Å². The topological polar surface area (TPSA) is 9.23 Å². The van der Waals surface area contributed by atoms with Gasteiger partial charge in [-0.2, -0.15) is 0 Å². The molecule has 0 amide bonds. The summed E-state index contributed by atoms with van der Waals surface area (Å²) in [5.41, 5.74) is 3.69. The third-order valence-corrected chi connectivity index (χ3v) is 8.83. The number of hydrogen-bond acceptors (Lipinski definition) is 1. The second-order valence-corrected chi connectivity index (χ2v) is 11.5. The average Bonchev–Trinajstić information content (AvgIpc) is 2.44. The van der Waals surface area contributed by atoms with E-state index in [1.165, 1.54) is 11.1 Å². The predicted molar refractivity (Wildman–Crippen MR) is 82.0 cm³/mol. The predicted octanol–water partition coefficient (Wildman–Crippen LogP) is 4.68. The molecule has 0 saturated carbocycles. The van der Waals surface area contributed by atoms with Crippen molar-refractivity contribution in [1.82, 2.24) is 0 Å². The lowest BCUT2D eigenvalue weighted by molar-refractivity contribution is 0.221. The summed E-state index contributed by atoms with van der Waals surface area (Å²) in [6.45, 7) is 17.7. The van der Waals surface area contributed by atoms with Gasteiger partial charge in [-0.05, 0) is 41.8 Å². The van der Waals surface area contributed by atoms with Gasteiger partial charge in [-0.25, -0.2) is 0 Å². The molecule has 1 rings (SSSR count). The molecule has 0 fully saturated rings. The van der Waals surface area contributed by atoms with Crippen LogP contribution in [-0.4, -0.2) is 14.4 Å². The van der Waals surface area contributed by atoms with Gasteiger partial charge in [0, 0.05) is 12.8 Å². The molecule has 1 aliphatic carbocycles. The van der Waals surface area contributed by atoms with Crippen molar-refractivity contribution in [3.05, 3.63) is 23.3 Å². The van der Waals surface area contributed by atoms with E-state index in [-0.39, 0.29) is 11.1 Å². The summed E-state index contributed by atoms with van der Waals surface area (Å²) in [7, 11) is -1.72. The van der Waals surface area contributed by atoms with Gasteiger partial charge in [-0.3, -0.25) is 0 Å². The van der Waals surface area contributed by atoms with Gasteiger partial charge in [-0.1, -0.05) is 27.4 Å². The Morgan fingerprint density at radius 1 is 1.44 bits per heavy atom. The van der Waals surface area contributed by atoms with Gasteiger partial charge < -0.3 is 4.43 Å². The molecule has 1 unspecified atom stereocenters. The molecule has 0 aromatic carbocycles. The Morgan fingerprint density at radius 2 is 2.00 bits per heavy atom. The molecular formula is C16H26OSi. The minimum absolute atomic E-state index is 0.196. The maximum Gasteiger partial charge on any atom is 0.192 e. The number of allylic oxidation sites excluding steroid dienone is 1. The first-order chi connectivity index (χ1) is 8.10. The van der Waals surface area contributed by atoms with E-state index in [4.69, 9.17) is 10.8 Å². The lowest BCUT2D eigenvalue weighted by Gasteiger charge is -2.38. The molecule has 18 heavy (non-hydrogen) atoms. The zero-order valence-electron chi connectivity index (χ0n) is 12.7.